The van der Waals surface area contributed by atoms with E-state index in [0.717, 1.165) is 11.1 Å². The zero-order valence-corrected chi connectivity index (χ0v) is 12.3. The highest BCUT2D eigenvalue weighted by Crippen LogP contribution is 2.20. The van der Waals surface area contributed by atoms with Gasteiger partial charge >= 0.3 is 0 Å². The standard InChI is InChI=1S/C16H16ClFN2O/c1-10(12-5-6-14(17)15(18)8-12)20-9-11-3-2-4-13(7-11)16(19)21/h2-8,10,20H,9H2,1H3,(H2,19,21). The first kappa shape index (κ1) is 15.5. The molecule has 0 aromatic heterocycles. The van der Waals surface area contributed by atoms with Crippen LogP contribution in [0.3, 0.4) is 0 Å². The molecule has 3 N–H and O–H groups in total. The molecule has 0 fully saturated rings. The Labute approximate surface area is 127 Å². The Morgan fingerprint density at radius 3 is 2.76 bits per heavy atom. The highest BCUT2D eigenvalue weighted by Gasteiger charge is 2.08. The molecule has 0 saturated heterocycles. The maximum atomic E-state index is 13.4. The van der Waals surface area contributed by atoms with Crippen molar-refractivity contribution in [3.05, 3.63) is 70.0 Å². The summed E-state index contributed by atoms with van der Waals surface area (Å²) in [4.78, 5) is 11.1. The quantitative estimate of drug-likeness (QED) is 0.889. The van der Waals surface area contributed by atoms with Crippen LogP contribution < -0.4 is 11.1 Å². The summed E-state index contributed by atoms with van der Waals surface area (Å²) in [5.74, 6) is -0.886. The van der Waals surface area contributed by atoms with E-state index in [1.165, 1.54) is 12.1 Å². The summed E-state index contributed by atoms with van der Waals surface area (Å²) in [6, 6.07) is 11.8. The number of halogens is 2. The number of amides is 1. The van der Waals surface area contributed by atoms with Gasteiger partial charge in [-0.3, -0.25) is 4.79 Å². The van der Waals surface area contributed by atoms with Crippen molar-refractivity contribution in [2.75, 3.05) is 0 Å². The molecule has 21 heavy (non-hydrogen) atoms. The smallest absolute Gasteiger partial charge is 0.248 e. The Balaban J connectivity index is 2.03. The molecule has 0 aliphatic carbocycles. The van der Waals surface area contributed by atoms with E-state index in [2.05, 4.69) is 5.32 Å². The summed E-state index contributed by atoms with van der Waals surface area (Å²) in [6.45, 7) is 2.48. The second kappa shape index (κ2) is 6.70. The number of nitrogens with two attached hydrogens (primary N) is 1. The van der Waals surface area contributed by atoms with Gasteiger partial charge in [-0.1, -0.05) is 29.8 Å². The van der Waals surface area contributed by atoms with E-state index in [9.17, 15) is 9.18 Å². The highest BCUT2D eigenvalue weighted by molar-refractivity contribution is 6.30. The molecular weight excluding hydrogens is 291 g/mol. The van der Waals surface area contributed by atoms with Crippen LogP contribution in [0.1, 0.15) is 34.5 Å². The van der Waals surface area contributed by atoms with Gasteiger partial charge in [0.2, 0.25) is 5.91 Å². The van der Waals surface area contributed by atoms with Crippen molar-refractivity contribution in [1.82, 2.24) is 5.32 Å². The van der Waals surface area contributed by atoms with Crippen molar-refractivity contribution < 1.29 is 9.18 Å². The molecule has 1 unspecified atom stereocenters. The first-order valence-electron chi connectivity index (χ1n) is 6.54. The molecule has 0 heterocycles. The molecule has 0 spiro atoms. The Bertz CT molecular complexity index is 660. The van der Waals surface area contributed by atoms with Crippen LogP contribution in [0.15, 0.2) is 42.5 Å². The number of benzene rings is 2. The average molecular weight is 307 g/mol. The van der Waals surface area contributed by atoms with Gasteiger partial charge in [-0.05, 0) is 42.3 Å². The first-order chi connectivity index (χ1) is 9.97. The van der Waals surface area contributed by atoms with Gasteiger partial charge < -0.3 is 11.1 Å². The first-order valence-corrected chi connectivity index (χ1v) is 6.92. The van der Waals surface area contributed by atoms with Crippen LogP contribution in [0.2, 0.25) is 5.02 Å². The maximum Gasteiger partial charge on any atom is 0.248 e. The monoisotopic (exact) mass is 306 g/mol. The number of primary amides is 1. The van der Waals surface area contributed by atoms with E-state index in [1.807, 2.05) is 13.0 Å². The molecule has 0 aliphatic rings. The van der Waals surface area contributed by atoms with E-state index >= 15 is 0 Å². The van der Waals surface area contributed by atoms with Gasteiger partial charge in [0.15, 0.2) is 0 Å². The van der Waals surface area contributed by atoms with E-state index in [4.69, 9.17) is 17.3 Å². The molecule has 3 nitrogen and oxygen atoms in total. The van der Waals surface area contributed by atoms with Crippen molar-refractivity contribution in [3.8, 4) is 0 Å². The summed E-state index contributed by atoms with van der Waals surface area (Å²) in [6.07, 6.45) is 0. The lowest BCUT2D eigenvalue weighted by atomic mass is 10.1. The normalized spacial score (nSPS) is 12.1. The SMILES string of the molecule is CC(NCc1cccc(C(N)=O)c1)c1ccc(Cl)c(F)c1. The fraction of sp³-hybridized carbons (Fsp3) is 0.188. The van der Waals surface area contributed by atoms with Gasteiger partial charge in [0.25, 0.3) is 0 Å². The number of rotatable bonds is 5. The molecule has 0 aliphatic heterocycles. The van der Waals surface area contributed by atoms with Crippen molar-refractivity contribution in [2.24, 2.45) is 5.73 Å². The van der Waals surface area contributed by atoms with Crippen molar-refractivity contribution in [3.63, 3.8) is 0 Å². The summed E-state index contributed by atoms with van der Waals surface area (Å²) in [5.41, 5.74) is 7.46. The van der Waals surface area contributed by atoms with Crippen LogP contribution in [0.5, 0.6) is 0 Å². The van der Waals surface area contributed by atoms with Gasteiger partial charge in [-0.15, -0.1) is 0 Å². The van der Waals surface area contributed by atoms with Gasteiger partial charge in [0.1, 0.15) is 5.82 Å². The van der Waals surface area contributed by atoms with Crippen molar-refractivity contribution in [1.29, 1.82) is 0 Å². The zero-order chi connectivity index (χ0) is 15.4. The van der Waals surface area contributed by atoms with Crippen LogP contribution in [0.25, 0.3) is 0 Å². The second-order valence-electron chi connectivity index (χ2n) is 4.84. The van der Waals surface area contributed by atoms with Gasteiger partial charge in [0, 0.05) is 18.2 Å². The van der Waals surface area contributed by atoms with Gasteiger partial charge in [0.05, 0.1) is 5.02 Å². The third kappa shape index (κ3) is 4.03. The van der Waals surface area contributed by atoms with Gasteiger partial charge in [-0.25, -0.2) is 4.39 Å². The molecule has 1 atom stereocenters. The van der Waals surface area contributed by atoms with E-state index in [1.54, 1.807) is 24.3 Å². The molecule has 0 bridgehead atoms. The number of carbonyl (C=O) groups excluding carboxylic acids is 1. The van der Waals surface area contributed by atoms with Gasteiger partial charge in [-0.2, -0.15) is 0 Å². The van der Waals surface area contributed by atoms with Crippen LogP contribution in [0, 0.1) is 5.82 Å². The molecule has 1 amide bonds. The lowest BCUT2D eigenvalue weighted by molar-refractivity contribution is 0.1000. The molecule has 2 rings (SSSR count). The number of hydrogen-bond acceptors (Lipinski definition) is 2. The topological polar surface area (TPSA) is 55.1 Å². The zero-order valence-electron chi connectivity index (χ0n) is 11.6. The summed E-state index contributed by atoms with van der Waals surface area (Å²) >= 11 is 5.67. The minimum atomic E-state index is -0.454. The minimum Gasteiger partial charge on any atom is -0.366 e. The van der Waals surface area contributed by atoms with Crippen molar-refractivity contribution in [2.45, 2.75) is 19.5 Å². The van der Waals surface area contributed by atoms with Crippen LogP contribution in [0.4, 0.5) is 4.39 Å². The predicted molar refractivity (Wildman–Crippen MR) is 81.6 cm³/mol. The van der Waals surface area contributed by atoms with Crippen LogP contribution in [-0.4, -0.2) is 5.91 Å². The fourth-order valence-corrected chi connectivity index (χ4v) is 2.12. The van der Waals surface area contributed by atoms with Crippen LogP contribution in [-0.2, 0) is 6.54 Å². The summed E-state index contributed by atoms with van der Waals surface area (Å²) in [7, 11) is 0. The Kier molecular flexibility index (Phi) is 4.94. The maximum absolute atomic E-state index is 13.4. The molecular formula is C16H16ClFN2O. The van der Waals surface area contributed by atoms with E-state index in [0.29, 0.717) is 12.1 Å². The van der Waals surface area contributed by atoms with E-state index in [-0.39, 0.29) is 11.1 Å². The number of hydrogen-bond donors (Lipinski definition) is 2. The Hall–Kier alpha value is -1.91. The molecule has 2 aromatic rings. The lowest BCUT2D eigenvalue weighted by Gasteiger charge is -2.15. The number of carbonyl (C=O) groups is 1. The fourth-order valence-electron chi connectivity index (χ4n) is 2.01. The molecule has 0 radical (unpaired) electrons. The molecule has 5 heteroatoms. The third-order valence-electron chi connectivity index (χ3n) is 3.27. The second-order valence-corrected chi connectivity index (χ2v) is 5.25. The molecule has 110 valence electrons. The lowest BCUT2D eigenvalue weighted by Crippen LogP contribution is -2.19. The van der Waals surface area contributed by atoms with Crippen LogP contribution >= 0.6 is 11.6 Å². The third-order valence-corrected chi connectivity index (χ3v) is 3.57. The Morgan fingerprint density at radius 1 is 1.33 bits per heavy atom. The van der Waals surface area contributed by atoms with E-state index < -0.39 is 11.7 Å². The molecule has 2 aromatic carbocycles. The molecule has 0 saturated carbocycles. The highest BCUT2D eigenvalue weighted by atomic mass is 35.5. The predicted octanol–water partition coefficient (Wildman–Crippen LogP) is 3.43. The minimum absolute atomic E-state index is 0.0472. The number of nitrogens with one attached hydrogen (secondary N) is 1. The summed E-state index contributed by atoms with van der Waals surface area (Å²) < 4.78 is 13.4. The summed E-state index contributed by atoms with van der Waals surface area (Å²) in [5, 5.41) is 3.38. The Morgan fingerprint density at radius 2 is 2.10 bits per heavy atom. The average Bonchev–Trinajstić information content (AvgIpc) is 2.48. The largest absolute Gasteiger partial charge is 0.366 e. The van der Waals surface area contributed by atoms with Crippen molar-refractivity contribution >= 4 is 17.5 Å².